The van der Waals surface area contributed by atoms with Gasteiger partial charge in [0, 0.05) is 67.8 Å². The first kappa shape index (κ1) is 37.0. The number of rotatable bonds is 5. The molecule has 0 radical (unpaired) electrons. The highest BCUT2D eigenvalue weighted by Crippen LogP contribution is 2.60. The van der Waals surface area contributed by atoms with Gasteiger partial charge in [0.1, 0.15) is 40.6 Å². The maximum absolute atomic E-state index is 14.5. The van der Waals surface area contributed by atoms with Crippen LogP contribution in [0, 0.1) is 12.3 Å². The van der Waals surface area contributed by atoms with E-state index >= 15 is 0 Å². The second-order valence-corrected chi connectivity index (χ2v) is 15.0. The Balaban J connectivity index is 1.22. The summed E-state index contributed by atoms with van der Waals surface area (Å²) in [7, 11) is 1.68. The van der Waals surface area contributed by atoms with Crippen molar-refractivity contribution < 1.29 is 28.7 Å². The fraction of sp³-hybridized carbons (Fsp3) is 0.395. The molecule has 5 heterocycles. The monoisotopic (exact) mass is 797 g/mol. The number of nitrogens with one attached hydrogen (secondary N) is 2. The van der Waals surface area contributed by atoms with Crippen LogP contribution in [0.2, 0.25) is 0 Å². The topological polar surface area (TPSA) is 182 Å². The fourth-order valence-electron chi connectivity index (χ4n) is 7.64. The fourth-order valence-corrected chi connectivity index (χ4v) is 7.95. The Hall–Kier alpha value is -5.35. The van der Waals surface area contributed by atoms with E-state index in [0.717, 1.165) is 11.1 Å². The number of likely N-dealkylation sites (N-methyl/N-ethyl adjacent to an activating group) is 1. The highest BCUT2D eigenvalue weighted by molar-refractivity contribution is 9.10. The van der Waals surface area contributed by atoms with Crippen LogP contribution in [0.3, 0.4) is 0 Å². The van der Waals surface area contributed by atoms with Gasteiger partial charge in [-0.3, -0.25) is 28.7 Å². The first-order valence-corrected chi connectivity index (χ1v) is 18.5. The lowest BCUT2D eigenvalue weighted by molar-refractivity contribution is -0.138. The number of ketones is 1. The zero-order chi connectivity index (χ0) is 38.3. The van der Waals surface area contributed by atoms with E-state index in [4.69, 9.17) is 4.74 Å². The molecule has 16 heteroatoms. The number of Topliss-reactive ketones (excluding diaryl/α,β-unsaturated/α-hetero) is 1. The Morgan fingerprint density at radius 2 is 1.83 bits per heavy atom. The van der Waals surface area contributed by atoms with Gasteiger partial charge in [-0.15, -0.1) is 0 Å². The summed E-state index contributed by atoms with van der Waals surface area (Å²) in [4.78, 5) is 83.5. The smallest absolute Gasteiger partial charge is 0.248 e. The molecule has 280 valence electrons. The van der Waals surface area contributed by atoms with Crippen LogP contribution >= 0.6 is 15.9 Å². The number of pyridine rings is 1. The number of carbonyl (C=O) groups is 5. The van der Waals surface area contributed by atoms with Crippen LogP contribution in [0.4, 0.5) is 5.82 Å². The molecule has 2 N–H and O–H groups in total. The number of carbonyl (C=O) groups excluding carboxylic acids is 5. The van der Waals surface area contributed by atoms with E-state index in [1.807, 2.05) is 18.2 Å². The maximum atomic E-state index is 14.5. The summed E-state index contributed by atoms with van der Waals surface area (Å²) in [5.74, 6) is -0.697. The van der Waals surface area contributed by atoms with Gasteiger partial charge in [0.05, 0.1) is 18.7 Å². The van der Waals surface area contributed by atoms with Crippen LogP contribution < -0.4 is 10.6 Å². The minimum absolute atomic E-state index is 0.139. The Morgan fingerprint density at radius 1 is 1.06 bits per heavy atom. The summed E-state index contributed by atoms with van der Waals surface area (Å²) in [6.07, 6.45) is 8.15. The molecule has 1 aromatic carbocycles. The Kier molecular flexibility index (Phi) is 10.2. The molecule has 4 aromatic rings. The number of piperidine rings is 1. The van der Waals surface area contributed by atoms with Gasteiger partial charge in [-0.25, -0.2) is 15.0 Å². The molecular weight excluding hydrogens is 758 g/mol. The van der Waals surface area contributed by atoms with Crippen molar-refractivity contribution in [2.24, 2.45) is 5.41 Å². The van der Waals surface area contributed by atoms with Gasteiger partial charge in [-0.1, -0.05) is 24.3 Å². The average Bonchev–Trinajstić information content (AvgIpc) is 3.53. The average molecular weight is 799 g/mol. The number of fused-ring (bicyclic) bond motifs is 3. The van der Waals surface area contributed by atoms with Crippen molar-refractivity contribution in [2.45, 2.75) is 71.3 Å². The number of hydrogen-bond donors (Lipinski definition) is 2. The molecule has 54 heavy (non-hydrogen) atoms. The number of likely N-dealkylation sites (tertiary alicyclic amines) is 1. The van der Waals surface area contributed by atoms with E-state index in [2.05, 4.69) is 46.6 Å². The molecule has 3 aliphatic rings. The highest BCUT2D eigenvalue weighted by atomic mass is 79.9. The van der Waals surface area contributed by atoms with E-state index in [1.165, 1.54) is 18.5 Å². The van der Waals surface area contributed by atoms with Crippen molar-refractivity contribution in [3.05, 3.63) is 76.6 Å². The zero-order valence-corrected chi connectivity index (χ0v) is 31.9. The number of nitrogens with zero attached hydrogens (tertiary/aromatic N) is 7. The number of aryl methyl sites for hydroxylation is 1. The third kappa shape index (κ3) is 7.40. The molecule has 0 unspecified atom stereocenters. The van der Waals surface area contributed by atoms with Gasteiger partial charge in [0.2, 0.25) is 23.6 Å². The first-order valence-electron chi connectivity index (χ1n) is 17.7. The molecule has 7 rings (SSSR count). The number of hydrogen-bond acceptors (Lipinski definition) is 10. The molecule has 1 saturated carbocycles. The lowest BCUT2D eigenvalue weighted by Gasteiger charge is -2.28. The lowest BCUT2D eigenvalue weighted by Crippen LogP contribution is -2.48. The minimum Gasteiger partial charge on any atom is -0.373 e. The number of halogens is 1. The molecule has 4 atom stereocenters. The molecule has 2 bridgehead atoms. The van der Waals surface area contributed by atoms with Crippen molar-refractivity contribution in [3.8, 4) is 11.1 Å². The summed E-state index contributed by atoms with van der Waals surface area (Å²) in [6, 6.07) is 7.05. The molecule has 2 fully saturated rings. The molecule has 3 aromatic heterocycles. The number of aromatic nitrogens is 5. The van der Waals surface area contributed by atoms with E-state index in [-0.39, 0.29) is 68.0 Å². The maximum Gasteiger partial charge on any atom is 0.248 e. The normalized spacial score (nSPS) is 23.6. The van der Waals surface area contributed by atoms with Crippen molar-refractivity contribution in [2.75, 3.05) is 25.5 Å². The van der Waals surface area contributed by atoms with Gasteiger partial charge in [-0.05, 0) is 65.9 Å². The number of ether oxygens (including phenoxy) is 1. The number of amides is 4. The van der Waals surface area contributed by atoms with Gasteiger partial charge in [0.25, 0.3) is 0 Å². The van der Waals surface area contributed by atoms with E-state index in [9.17, 15) is 24.0 Å². The van der Waals surface area contributed by atoms with E-state index < -0.39 is 23.4 Å². The van der Waals surface area contributed by atoms with Crippen molar-refractivity contribution >= 4 is 62.1 Å². The summed E-state index contributed by atoms with van der Waals surface area (Å²) >= 11 is 3.40. The molecule has 2 aliphatic heterocycles. The summed E-state index contributed by atoms with van der Waals surface area (Å²) in [5.41, 5.74) is 2.46. The van der Waals surface area contributed by atoms with Crippen LogP contribution in [0.15, 0.2) is 59.5 Å². The minimum atomic E-state index is -0.889. The van der Waals surface area contributed by atoms with Gasteiger partial charge >= 0.3 is 0 Å². The zero-order valence-electron chi connectivity index (χ0n) is 30.3. The van der Waals surface area contributed by atoms with Crippen LogP contribution in [-0.4, -0.2) is 102 Å². The third-order valence-corrected chi connectivity index (χ3v) is 10.7. The van der Waals surface area contributed by atoms with Crippen molar-refractivity contribution in [1.29, 1.82) is 0 Å². The van der Waals surface area contributed by atoms with E-state index in [1.54, 1.807) is 60.4 Å². The number of benzene rings is 1. The van der Waals surface area contributed by atoms with Gasteiger partial charge < -0.3 is 25.2 Å². The van der Waals surface area contributed by atoms with Gasteiger partial charge in [0.15, 0.2) is 5.78 Å². The van der Waals surface area contributed by atoms with Crippen LogP contribution in [0.5, 0.6) is 0 Å². The third-order valence-electron chi connectivity index (χ3n) is 10.3. The SMILES string of the molecule is CC(=O)N[C@H]1C/C=C\COCc2ccc(Br)nc2NC(=O)[C@@H]2C[C@]3(C[C@H]3N2C(=O)Cn2nc(C(C)=O)c3cc(-c4cnc(C)nc4)ccc32)CN(C)C1=O. The Morgan fingerprint density at radius 3 is 2.57 bits per heavy atom. The van der Waals surface area contributed by atoms with Crippen LogP contribution in [0.25, 0.3) is 22.0 Å². The summed E-state index contributed by atoms with van der Waals surface area (Å²) in [6.45, 7) is 5.01. The van der Waals surface area contributed by atoms with Gasteiger partial charge in [-0.2, -0.15) is 5.10 Å². The molecule has 1 spiro atoms. The molecule has 15 nitrogen and oxygen atoms in total. The first-order chi connectivity index (χ1) is 25.8. The summed E-state index contributed by atoms with van der Waals surface area (Å²) in [5, 5.41) is 10.9. The lowest BCUT2D eigenvalue weighted by atomic mass is 9.97. The quantitative estimate of drug-likeness (QED) is 0.172. The summed E-state index contributed by atoms with van der Waals surface area (Å²) < 4.78 is 7.87. The molecular formula is C38H40BrN9O6. The van der Waals surface area contributed by atoms with Crippen LogP contribution in [0.1, 0.15) is 55.0 Å². The second kappa shape index (κ2) is 14.8. The van der Waals surface area contributed by atoms with Crippen LogP contribution in [-0.2, 0) is 37.1 Å². The van der Waals surface area contributed by atoms with E-state index in [0.29, 0.717) is 45.6 Å². The van der Waals surface area contributed by atoms with Crippen molar-refractivity contribution in [1.82, 2.24) is 39.8 Å². The van der Waals surface area contributed by atoms with Crippen molar-refractivity contribution in [3.63, 3.8) is 0 Å². The standard InChI is InChI=1S/C38H40BrN9O6/c1-21(49)34-27-13-24(26-16-40-22(2)41-17-26)8-10-29(27)47(45-34)18-33(51)48-30-14-38(15-31(38)48)20-46(4)37(53)28(42-23(3)50)7-5-6-12-54-19-25-9-11-32(39)43-35(25)44-36(30)52/h5-6,8-11,13,16-17,28,30-31H,7,12,14-15,18-20H2,1-4H3,(H,42,50)(H,43,44,52)/b6-5-/t28-,30-,31+,38-/m0/s1. The Labute approximate surface area is 319 Å². The number of anilines is 1. The predicted octanol–water partition coefficient (Wildman–Crippen LogP) is 3.60. The second-order valence-electron chi connectivity index (χ2n) is 14.2. The Bertz CT molecular complexity index is 2200. The molecule has 1 saturated heterocycles. The molecule has 1 aliphatic carbocycles. The highest BCUT2D eigenvalue weighted by Gasteiger charge is 2.67. The molecule has 4 amide bonds. The largest absolute Gasteiger partial charge is 0.373 e. The predicted molar refractivity (Wildman–Crippen MR) is 201 cm³/mol.